The molecule has 1 N–H and O–H groups in total. The Bertz CT molecular complexity index is 702. The Kier molecular flexibility index (Phi) is 5.89. The smallest absolute Gasteiger partial charge is 0.408 e. The number of rotatable bonds is 7. The van der Waals surface area contributed by atoms with Crippen molar-refractivity contribution in [2.75, 3.05) is 0 Å². The summed E-state index contributed by atoms with van der Waals surface area (Å²) in [5.41, 5.74) is 1.46. The highest BCUT2D eigenvalue weighted by atomic mass is 19.1. The van der Waals surface area contributed by atoms with Crippen LogP contribution in [0.3, 0.4) is 0 Å². The second-order valence-corrected chi connectivity index (χ2v) is 5.35. The normalized spacial score (nSPS) is 11.6. The molecule has 0 unspecified atom stereocenters. The minimum Gasteiger partial charge on any atom is -0.489 e. The lowest BCUT2D eigenvalue weighted by molar-refractivity contribution is -0.111. The van der Waals surface area contributed by atoms with Gasteiger partial charge in [-0.15, -0.1) is 0 Å². The van der Waals surface area contributed by atoms with Crippen molar-refractivity contribution in [2.45, 2.75) is 26.1 Å². The lowest BCUT2D eigenvalue weighted by Crippen LogP contribution is -2.37. The summed E-state index contributed by atoms with van der Waals surface area (Å²) >= 11 is 0. The first-order valence-corrected chi connectivity index (χ1v) is 7.40. The van der Waals surface area contributed by atoms with E-state index in [4.69, 9.17) is 9.84 Å². The molecule has 0 aliphatic heterocycles. The summed E-state index contributed by atoms with van der Waals surface area (Å²) in [4.78, 5) is 23.0. The summed E-state index contributed by atoms with van der Waals surface area (Å²) in [6.45, 7) is 1.87. The number of aldehydes is 1. The van der Waals surface area contributed by atoms with Crippen LogP contribution in [-0.2, 0) is 17.9 Å². The van der Waals surface area contributed by atoms with E-state index in [0.717, 1.165) is 16.0 Å². The largest absolute Gasteiger partial charge is 0.489 e. The number of hydrogen-bond donors (Lipinski definition) is 1. The van der Waals surface area contributed by atoms with Gasteiger partial charge in [-0.2, -0.15) is 0 Å². The molecule has 1 atom stereocenters. The second kappa shape index (κ2) is 8.10. The minimum absolute atomic E-state index is 0.111. The van der Waals surface area contributed by atoms with Crippen LogP contribution in [0.4, 0.5) is 9.18 Å². The summed E-state index contributed by atoms with van der Waals surface area (Å²) in [5.74, 6) is 0.276. The van der Waals surface area contributed by atoms with Gasteiger partial charge in [0.05, 0.1) is 6.04 Å². The predicted octanol–water partition coefficient (Wildman–Crippen LogP) is 3.47. The standard InChI is InChI=1S/C18H18FNO4/c1-13(11-21)20(18(22)23)10-14-5-7-17(8-6-14)24-12-15-3-2-4-16(19)9-15/h2-9,11,13H,10,12H2,1H3,(H,22,23)/t13-/m0/s1. The number of carboxylic acid groups (broad SMARTS) is 1. The fraction of sp³-hybridized carbons (Fsp3) is 0.222. The highest BCUT2D eigenvalue weighted by Crippen LogP contribution is 2.16. The summed E-state index contributed by atoms with van der Waals surface area (Å²) in [6.07, 6.45) is -0.564. The summed E-state index contributed by atoms with van der Waals surface area (Å²) in [6, 6.07) is 12.3. The van der Waals surface area contributed by atoms with E-state index in [-0.39, 0.29) is 19.0 Å². The Hall–Kier alpha value is -2.89. The van der Waals surface area contributed by atoms with Gasteiger partial charge >= 0.3 is 6.09 Å². The maximum Gasteiger partial charge on any atom is 0.408 e. The van der Waals surface area contributed by atoms with E-state index in [1.165, 1.54) is 19.1 Å². The van der Waals surface area contributed by atoms with Crippen LogP contribution in [-0.4, -0.2) is 28.4 Å². The van der Waals surface area contributed by atoms with Crippen LogP contribution < -0.4 is 4.74 Å². The zero-order chi connectivity index (χ0) is 17.5. The highest BCUT2D eigenvalue weighted by molar-refractivity contribution is 5.71. The van der Waals surface area contributed by atoms with Gasteiger partial charge in [0.25, 0.3) is 0 Å². The van der Waals surface area contributed by atoms with Crippen molar-refractivity contribution >= 4 is 12.4 Å². The van der Waals surface area contributed by atoms with Crippen molar-refractivity contribution in [3.8, 4) is 5.75 Å². The fourth-order valence-electron chi connectivity index (χ4n) is 2.14. The van der Waals surface area contributed by atoms with Crippen LogP contribution >= 0.6 is 0 Å². The molecule has 0 saturated carbocycles. The zero-order valence-corrected chi connectivity index (χ0v) is 13.2. The molecule has 2 rings (SSSR count). The Morgan fingerprint density at radius 2 is 1.96 bits per heavy atom. The maximum atomic E-state index is 13.1. The van der Waals surface area contributed by atoms with E-state index in [0.29, 0.717) is 12.0 Å². The molecule has 0 spiro atoms. The van der Waals surface area contributed by atoms with Gasteiger partial charge in [0, 0.05) is 6.54 Å². The van der Waals surface area contributed by atoms with Crippen molar-refractivity contribution in [3.05, 3.63) is 65.5 Å². The Balaban J connectivity index is 1.97. The van der Waals surface area contributed by atoms with Crippen molar-refractivity contribution in [1.82, 2.24) is 4.90 Å². The Labute approximate surface area is 139 Å². The molecule has 0 fully saturated rings. The number of nitrogens with zero attached hydrogens (tertiary/aromatic N) is 1. The van der Waals surface area contributed by atoms with E-state index >= 15 is 0 Å². The quantitative estimate of drug-likeness (QED) is 0.789. The molecule has 0 heterocycles. The molecule has 2 aromatic carbocycles. The second-order valence-electron chi connectivity index (χ2n) is 5.35. The molecule has 24 heavy (non-hydrogen) atoms. The molecule has 0 aromatic heterocycles. The fourth-order valence-corrected chi connectivity index (χ4v) is 2.14. The third-order valence-electron chi connectivity index (χ3n) is 3.51. The van der Waals surface area contributed by atoms with Crippen molar-refractivity contribution in [1.29, 1.82) is 0 Å². The van der Waals surface area contributed by atoms with Crippen LogP contribution in [0, 0.1) is 5.82 Å². The number of carbonyl (C=O) groups is 2. The first-order chi connectivity index (χ1) is 11.5. The van der Waals surface area contributed by atoms with Gasteiger partial charge < -0.3 is 14.6 Å². The van der Waals surface area contributed by atoms with Gasteiger partial charge in [-0.05, 0) is 42.3 Å². The minimum atomic E-state index is -1.15. The number of ether oxygens (including phenoxy) is 1. The highest BCUT2D eigenvalue weighted by Gasteiger charge is 2.18. The Morgan fingerprint density at radius 3 is 2.54 bits per heavy atom. The number of carbonyl (C=O) groups excluding carboxylic acids is 1. The molecule has 2 aromatic rings. The van der Waals surface area contributed by atoms with E-state index < -0.39 is 12.1 Å². The van der Waals surface area contributed by atoms with E-state index in [1.54, 1.807) is 36.4 Å². The number of amides is 1. The number of halogens is 1. The van der Waals surface area contributed by atoms with Crippen molar-refractivity contribution in [3.63, 3.8) is 0 Å². The third-order valence-corrected chi connectivity index (χ3v) is 3.51. The van der Waals surface area contributed by atoms with Crippen LogP contribution in [0.2, 0.25) is 0 Å². The molecule has 1 amide bonds. The molecule has 0 saturated heterocycles. The average molecular weight is 331 g/mol. The molecule has 0 radical (unpaired) electrons. The van der Waals surface area contributed by atoms with E-state index in [9.17, 15) is 14.0 Å². The molecule has 0 bridgehead atoms. The summed E-state index contributed by atoms with van der Waals surface area (Å²) in [5, 5.41) is 9.14. The van der Waals surface area contributed by atoms with Gasteiger partial charge in [-0.3, -0.25) is 4.90 Å². The molecule has 126 valence electrons. The number of benzene rings is 2. The SMILES string of the molecule is C[C@@H](C=O)N(Cc1ccc(OCc2cccc(F)c2)cc1)C(=O)O. The first kappa shape index (κ1) is 17.5. The monoisotopic (exact) mass is 331 g/mol. The molecule has 0 aliphatic rings. The predicted molar refractivity (Wildman–Crippen MR) is 86.3 cm³/mol. The van der Waals surface area contributed by atoms with Crippen molar-refractivity contribution in [2.24, 2.45) is 0 Å². The zero-order valence-electron chi connectivity index (χ0n) is 13.2. The van der Waals surface area contributed by atoms with Gasteiger partial charge in [-0.25, -0.2) is 9.18 Å². The van der Waals surface area contributed by atoms with Crippen LogP contribution in [0.15, 0.2) is 48.5 Å². The summed E-state index contributed by atoms with van der Waals surface area (Å²) in [7, 11) is 0. The Morgan fingerprint density at radius 1 is 1.25 bits per heavy atom. The molecule has 5 nitrogen and oxygen atoms in total. The maximum absolute atomic E-state index is 13.1. The van der Waals surface area contributed by atoms with Crippen LogP contribution in [0.1, 0.15) is 18.1 Å². The van der Waals surface area contributed by atoms with E-state index in [2.05, 4.69) is 0 Å². The van der Waals surface area contributed by atoms with Crippen LogP contribution in [0.5, 0.6) is 5.75 Å². The number of hydrogen-bond acceptors (Lipinski definition) is 3. The molecule has 6 heteroatoms. The third kappa shape index (κ3) is 4.81. The first-order valence-electron chi connectivity index (χ1n) is 7.40. The molecular weight excluding hydrogens is 313 g/mol. The van der Waals surface area contributed by atoms with Crippen LogP contribution in [0.25, 0.3) is 0 Å². The lowest BCUT2D eigenvalue weighted by Gasteiger charge is -2.22. The van der Waals surface area contributed by atoms with Gasteiger partial charge in [0.2, 0.25) is 0 Å². The molecule has 0 aliphatic carbocycles. The average Bonchev–Trinajstić information content (AvgIpc) is 2.58. The van der Waals surface area contributed by atoms with Gasteiger partial charge in [0.1, 0.15) is 24.5 Å². The lowest BCUT2D eigenvalue weighted by atomic mass is 10.2. The van der Waals surface area contributed by atoms with Gasteiger partial charge in [0.15, 0.2) is 0 Å². The van der Waals surface area contributed by atoms with Crippen molar-refractivity contribution < 1.29 is 23.8 Å². The van der Waals surface area contributed by atoms with E-state index in [1.807, 2.05) is 0 Å². The topological polar surface area (TPSA) is 66.8 Å². The summed E-state index contributed by atoms with van der Waals surface area (Å²) < 4.78 is 18.7. The van der Waals surface area contributed by atoms with Gasteiger partial charge in [-0.1, -0.05) is 24.3 Å². The molecular formula is C18H18FNO4.